The Morgan fingerprint density at radius 1 is 1.23 bits per heavy atom. The van der Waals surface area contributed by atoms with Crippen LogP contribution in [0.3, 0.4) is 0 Å². The van der Waals surface area contributed by atoms with Crippen molar-refractivity contribution < 1.29 is 19.2 Å². The van der Waals surface area contributed by atoms with Gasteiger partial charge < -0.3 is 19.3 Å². The Labute approximate surface area is 174 Å². The first kappa shape index (κ1) is 18.8. The minimum Gasteiger partial charge on any atom is -0.497 e. The first-order valence-electron chi connectivity index (χ1n) is 10.1. The van der Waals surface area contributed by atoms with E-state index < -0.39 is 0 Å². The number of aliphatic hydroxyl groups is 1. The van der Waals surface area contributed by atoms with Crippen molar-refractivity contribution >= 4 is 5.91 Å². The van der Waals surface area contributed by atoms with Crippen molar-refractivity contribution in [3.05, 3.63) is 53.6 Å². The first-order chi connectivity index (χ1) is 14.6. The second-order valence-electron chi connectivity index (χ2n) is 7.98. The maximum atomic E-state index is 12.5. The molecule has 1 N–H and O–H groups in total. The molecule has 0 unspecified atom stereocenters. The van der Waals surface area contributed by atoms with Crippen molar-refractivity contribution in [2.24, 2.45) is 0 Å². The average Bonchev–Trinajstić information content (AvgIpc) is 3.47. The van der Waals surface area contributed by atoms with Gasteiger partial charge in [0.2, 0.25) is 11.7 Å². The minimum atomic E-state index is -0.180. The van der Waals surface area contributed by atoms with E-state index in [9.17, 15) is 9.90 Å². The van der Waals surface area contributed by atoms with Gasteiger partial charge in [-0.15, -0.1) is 0 Å². The summed E-state index contributed by atoms with van der Waals surface area (Å²) in [7, 11) is 1.63. The topological polar surface area (TPSA) is 88.7 Å². The molecular formula is C23H23N3O4. The lowest BCUT2D eigenvalue weighted by Gasteiger charge is -2.24. The number of aliphatic hydroxyl groups excluding tert-OH is 1. The second kappa shape index (κ2) is 7.25. The van der Waals surface area contributed by atoms with E-state index >= 15 is 0 Å². The van der Waals surface area contributed by atoms with Crippen LogP contribution in [0.15, 0.2) is 47.0 Å². The molecule has 1 atom stereocenters. The molecule has 5 rings (SSSR count). The number of benzene rings is 2. The summed E-state index contributed by atoms with van der Waals surface area (Å²) in [4.78, 5) is 18.9. The van der Waals surface area contributed by atoms with Crippen LogP contribution in [-0.4, -0.2) is 52.9 Å². The van der Waals surface area contributed by atoms with Crippen LogP contribution < -0.4 is 4.74 Å². The highest BCUT2D eigenvalue weighted by Crippen LogP contribution is 2.48. The zero-order chi connectivity index (χ0) is 20.7. The molecule has 1 aliphatic carbocycles. The zero-order valence-corrected chi connectivity index (χ0v) is 16.8. The van der Waals surface area contributed by atoms with Gasteiger partial charge in [-0.2, -0.15) is 4.98 Å². The second-order valence-corrected chi connectivity index (χ2v) is 7.98. The SMILES string of the molecule is COc1ccc(-c2nc(-c3cccc4c3CC[C@]43CC(=O)N(CCO)C3)no2)cc1. The summed E-state index contributed by atoms with van der Waals surface area (Å²) in [6, 6.07) is 13.6. The maximum Gasteiger partial charge on any atom is 0.258 e. The molecule has 2 aliphatic rings. The van der Waals surface area contributed by atoms with E-state index in [1.54, 1.807) is 12.0 Å². The fourth-order valence-corrected chi connectivity index (χ4v) is 4.83. The standard InChI is InChI=1S/C23H23N3O4/c1-29-16-7-5-15(6-8-16)22-24-21(25-30-22)18-3-2-4-19-17(18)9-10-23(19)13-20(28)26(14-23)11-12-27/h2-8,27H,9-14H2,1H3/t23-/m1/s1. The third-order valence-electron chi connectivity index (χ3n) is 6.31. The third kappa shape index (κ3) is 2.97. The fraction of sp³-hybridized carbons (Fsp3) is 0.348. The van der Waals surface area contributed by atoms with Crippen LogP contribution in [0.25, 0.3) is 22.8 Å². The number of rotatable bonds is 5. The Balaban J connectivity index is 1.48. The number of likely N-dealkylation sites (tertiary alicyclic amines) is 1. The van der Waals surface area contributed by atoms with Crippen LogP contribution in [-0.2, 0) is 16.6 Å². The van der Waals surface area contributed by atoms with Crippen LogP contribution in [0.4, 0.5) is 0 Å². The van der Waals surface area contributed by atoms with Crippen molar-refractivity contribution in [1.29, 1.82) is 0 Å². The smallest absolute Gasteiger partial charge is 0.258 e. The number of aromatic nitrogens is 2. The van der Waals surface area contributed by atoms with Gasteiger partial charge in [-0.3, -0.25) is 4.79 Å². The van der Waals surface area contributed by atoms with Gasteiger partial charge >= 0.3 is 0 Å². The van der Waals surface area contributed by atoms with Crippen LogP contribution >= 0.6 is 0 Å². The van der Waals surface area contributed by atoms with Crippen molar-refractivity contribution in [3.63, 3.8) is 0 Å². The zero-order valence-electron chi connectivity index (χ0n) is 16.8. The molecule has 7 nitrogen and oxygen atoms in total. The highest BCUT2D eigenvalue weighted by molar-refractivity contribution is 5.82. The van der Waals surface area contributed by atoms with Gasteiger partial charge in [0.25, 0.3) is 5.89 Å². The number of carbonyl (C=O) groups is 1. The number of hydrogen-bond acceptors (Lipinski definition) is 6. The van der Waals surface area contributed by atoms with E-state index in [-0.39, 0.29) is 17.9 Å². The Hall–Kier alpha value is -3.19. The molecule has 0 radical (unpaired) electrons. The normalized spacial score (nSPS) is 20.2. The van der Waals surface area contributed by atoms with Crippen LogP contribution in [0.2, 0.25) is 0 Å². The van der Waals surface area contributed by atoms with Gasteiger partial charge in [0.05, 0.1) is 13.7 Å². The number of nitrogens with zero attached hydrogens (tertiary/aromatic N) is 3. The van der Waals surface area contributed by atoms with Crippen LogP contribution in [0.1, 0.15) is 24.0 Å². The van der Waals surface area contributed by atoms with E-state index in [0.29, 0.717) is 31.2 Å². The van der Waals surface area contributed by atoms with Crippen molar-refractivity contribution in [2.45, 2.75) is 24.7 Å². The lowest BCUT2D eigenvalue weighted by atomic mass is 9.80. The van der Waals surface area contributed by atoms with E-state index in [1.165, 1.54) is 11.1 Å². The molecule has 3 aromatic rings. The van der Waals surface area contributed by atoms with Crippen LogP contribution in [0, 0.1) is 0 Å². The monoisotopic (exact) mass is 405 g/mol. The predicted octanol–water partition coefficient (Wildman–Crippen LogP) is 2.82. The summed E-state index contributed by atoms with van der Waals surface area (Å²) in [5, 5.41) is 13.5. The molecule has 1 spiro atoms. The van der Waals surface area contributed by atoms with Crippen LogP contribution in [0.5, 0.6) is 5.75 Å². The molecule has 154 valence electrons. The van der Waals surface area contributed by atoms with Crippen molar-refractivity contribution in [3.8, 4) is 28.6 Å². The Morgan fingerprint density at radius 3 is 2.83 bits per heavy atom. The number of ether oxygens (including phenoxy) is 1. The number of carbonyl (C=O) groups excluding carboxylic acids is 1. The molecule has 7 heteroatoms. The lowest BCUT2D eigenvalue weighted by molar-refractivity contribution is -0.128. The molecule has 30 heavy (non-hydrogen) atoms. The highest BCUT2D eigenvalue weighted by atomic mass is 16.5. The Bertz CT molecular complexity index is 1090. The minimum absolute atomic E-state index is 0.00822. The molecule has 1 aliphatic heterocycles. The average molecular weight is 405 g/mol. The van der Waals surface area contributed by atoms with Gasteiger partial charge in [-0.05, 0) is 48.2 Å². The summed E-state index contributed by atoms with van der Waals surface area (Å²) in [6.07, 6.45) is 2.28. The summed E-state index contributed by atoms with van der Waals surface area (Å²) < 4.78 is 10.7. The molecule has 1 amide bonds. The largest absolute Gasteiger partial charge is 0.497 e. The molecule has 2 aromatic carbocycles. The summed E-state index contributed by atoms with van der Waals surface area (Å²) in [6.45, 7) is 1.05. The van der Waals surface area contributed by atoms with E-state index in [1.807, 2.05) is 36.4 Å². The molecule has 0 saturated carbocycles. The summed E-state index contributed by atoms with van der Waals surface area (Å²) >= 11 is 0. The molecule has 1 saturated heterocycles. The Morgan fingerprint density at radius 2 is 2.07 bits per heavy atom. The third-order valence-corrected chi connectivity index (χ3v) is 6.31. The lowest BCUT2D eigenvalue weighted by Crippen LogP contribution is -2.32. The summed E-state index contributed by atoms with van der Waals surface area (Å²) in [5.41, 5.74) is 4.00. The quantitative estimate of drug-likeness (QED) is 0.702. The maximum absolute atomic E-state index is 12.5. The number of amides is 1. The summed E-state index contributed by atoms with van der Waals surface area (Å²) in [5.74, 6) is 1.91. The number of β-amino-alcohol motifs (C(OH)–C–C–N with tert-alkyl or cyclic N) is 1. The van der Waals surface area contributed by atoms with E-state index in [2.05, 4.69) is 16.2 Å². The van der Waals surface area contributed by atoms with Gasteiger partial charge in [0.1, 0.15) is 5.75 Å². The fourth-order valence-electron chi connectivity index (χ4n) is 4.83. The van der Waals surface area contributed by atoms with E-state index in [0.717, 1.165) is 29.7 Å². The molecule has 1 aromatic heterocycles. The highest BCUT2D eigenvalue weighted by Gasteiger charge is 2.48. The molecule has 0 bridgehead atoms. The Kier molecular flexibility index (Phi) is 4.55. The molecule has 2 heterocycles. The van der Waals surface area contributed by atoms with Gasteiger partial charge in [-0.25, -0.2) is 0 Å². The molecule has 1 fully saturated rings. The van der Waals surface area contributed by atoms with Crippen molar-refractivity contribution in [1.82, 2.24) is 15.0 Å². The van der Waals surface area contributed by atoms with Gasteiger partial charge in [0, 0.05) is 36.1 Å². The number of methoxy groups -OCH3 is 1. The van der Waals surface area contributed by atoms with Gasteiger partial charge in [0.15, 0.2) is 0 Å². The molecular weight excluding hydrogens is 382 g/mol. The number of fused-ring (bicyclic) bond motifs is 2. The first-order valence-corrected chi connectivity index (χ1v) is 10.1. The predicted molar refractivity (Wildman–Crippen MR) is 110 cm³/mol. The van der Waals surface area contributed by atoms with Crippen molar-refractivity contribution in [2.75, 3.05) is 26.8 Å². The number of hydrogen-bond donors (Lipinski definition) is 1. The van der Waals surface area contributed by atoms with E-state index in [4.69, 9.17) is 9.26 Å². The van der Waals surface area contributed by atoms with Gasteiger partial charge in [-0.1, -0.05) is 23.4 Å².